The van der Waals surface area contributed by atoms with E-state index in [1.165, 1.54) is 13.2 Å². The van der Waals surface area contributed by atoms with E-state index >= 15 is 0 Å². The molecule has 8 nitrogen and oxygen atoms in total. The lowest BCUT2D eigenvalue weighted by Gasteiger charge is -2.19. The quantitative estimate of drug-likeness (QED) is 0.636. The maximum atomic E-state index is 12.5. The van der Waals surface area contributed by atoms with Gasteiger partial charge in [-0.2, -0.15) is 0 Å². The van der Waals surface area contributed by atoms with Crippen LogP contribution >= 0.6 is 11.6 Å². The second-order valence-electron chi connectivity index (χ2n) is 7.28. The van der Waals surface area contributed by atoms with Gasteiger partial charge in [-0.05, 0) is 63.2 Å². The normalized spacial score (nSPS) is 10.7. The predicted octanol–water partition coefficient (Wildman–Crippen LogP) is 4.06. The van der Waals surface area contributed by atoms with Crippen molar-refractivity contribution in [2.45, 2.75) is 26.4 Å². The van der Waals surface area contributed by atoms with E-state index < -0.39 is 17.6 Å². The first-order valence-corrected chi connectivity index (χ1v) is 9.47. The van der Waals surface area contributed by atoms with Crippen LogP contribution in [0, 0.1) is 0 Å². The van der Waals surface area contributed by atoms with E-state index in [1.54, 1.807) is 57.2 Å². The van der Waals surface area contributed by atoms with Crippen LogP contribution in [-0.4, -0.2) is 37.2 Å². The first-order chi connectivity index (χ1) is 14.1. The van der Waals surface area contributed by atoms with Crippen molar-refractivity contribution in [1.29, 1.82) is 0 Å². The Labute approximate surface area is 179 Å². The largest absolute Gasteiger partial charge is 0.496 e. The minimum atomic E-state index is -0.674. The average molecular weight is 434 g/mol. The Balaban J connectivity index is 1.91. The molecule has 0 aliphatic rings. The third-order valence-electron chi connectivity index (χ3n) is 3.62. The van der Waals surface area contributed by atoms with Gasteiger partial charge in [0.05, 0.1) is 12.7 Å². The highest BCUT2D eigenvalue weighted by molar-refractivity contribution is 6.31. The molecule has 3 amide bonds. The third kappa shape index (κ3) is 7.29. The lowest BCUT2D eigenvalue weighted by Crippen LogP contribution is -2.37. The van der Waals surface area contributed by atoms with Crippen molar-refractivity contribution in [2.75, 3.05) is 24.3 Å². The van der Waals surface area contributed by atoms with E-state index in [-0.39, 0.29) is 12.5 Å². The van der Waals surface area contributed by atoms with Crippen LogP contribution in [0.2, 0.25) is 5.02 Å². The highest BCUT2D eigenvalue weighted by Gasteiger charge is 2.17. The van der Waals surface area contributed by atoms with Crippen LogP contribution < -0.4 is 20.7 Å². The molecular weight excluding hydrogens is 410 g/mol. The summed E-state index contributed by atoms with van der Waals surface area (Å²) in [6.45, 7) is 4.96. The highest BCUT2D eigenvalue weighted by atomic mass is 35.5. The van der Waals surface area contributed by atoms with Gasteiger partial charge in [0.25, 0.3) is 5.91 Å². The molecule has 0 spiro atoms. The van der Waals surface area contributed by atoms with E-state index in [1.807, 2.05) is 0 Å². The fourth-order valence-electron chi connectivity index (χ4n) is 2.36. The second kappa shape index (κ2) is 9.98. The standard InChI is InChI=1S/C21H24ClN3O5/c1-21(2,3)30-20(28)23-12-18(26)24-14-6-8-15(9-7-14)25-19(27)16-11-13(22)5-10-17(16)29-4/h5-11H,12H2,1-4H3,(H,23,28)(H,24,26)(H,25,27). The maximum Gasteiger partial charge on any atom is 0.408 e. The molecule has 30 heavy (non-hydrogen) atoms. The van der Waals surface area contributed by atoms with Gasteiger partial charge in [0.1, 0.15) is 17.9 Å². The summed E-state index contributed by atoms with van der Waals surface area (Å²) in [5, 5.41) is 8.17. The molecule has 0 saturated heterocycles. The van der Waals surface area contributed by atoms with Gasteiger partial charge < -0.3 is 25.4 Å². The van der Waals surface area contributed by atoms with E-state index in [0.29, 0.717) is 27.7 Å². The lowest BCUT2D eigenvalue weighted by atomic mass is 10.1. The molecule has 0 aromatic heterocycles. The van der Waals surface area contributed by atoms with Crippen LogP contribution in [-0.2, 0) is 9.53 Å². The number of anilines is 2. The molecule has 9 heteroatoms. The van der Waals surface area contributed by atoms with Gasteiger partial charge in [-0.3, -0.25) is 9.59 Å². The van der Waals surface area contributed by atoms with Crippen LogP contribution in [0.1, 0.15) is 31.1 Å². The minimum absolute atomic E-state index is 0.234. The molecule has 0 aliphatic heterocycles. The molecule has 160 valence electrons. The van der Waals surface area contributed by atoms with Crippen molar-refractivity contribution in [3.8, 4) is 5.75 Å². The number of rotatable bonds is 6. The van der Waals surface area contributed by atoms with Crippen LogP contribution in [0.4, 0.5) is 16.2 Å². The molecule has 0 aliphatic carbocycles. The van der Waals surface area contributed by atoms with E-state index in [4.69, 9.17) is 21.1 Å². The van der Waals surface area contributed by atoms with Gasteiger partial charge in [0.15, 0.2) is 0 Å². The van der Waals surface area contributed by atoms with Gasteiger partial charge in [0, 0.05) is 16.4 Å². The summed E-state index contributed by atoms with van der Waals surface area (Å²) in [6.07, 6.45) is -0.674. The van der Waals surface area contributed by atoms with E-state index in [9.17, 15) is 14.4 Å². The number of hydrogen-bond donors (Lipinski definition) is 3. The molecule has 0 bridgehead atoms. The summed E-state index contributed by atoms with van der Waals surface area (Å²) in [5.41, 5.74) is 0.683. The van der Waals surface area contributed by atoms with Crippen molar-refractivity contribution in [2.24, 2.45) is 0 Å². The molecule has 2 aromatic rings. The molecule has 0 radical (unpaired) electrons. The Kier molecular flexibility index (Phi) is 7.66. The highest BCUT2D eigenvalue weighted by Crippen LogP contribution is 2.24. The molecular formula is C21H24ClN3O5. The Hall–Kier alpha value is -3.26. The number of benzene rings is 2. The number of hydrogen-bond acceptors (Lipinski definition) is 5. The molecule has 0 saturated carbocycles. The monoisotopic (exact) mass is 433 g/mol. The summed E-state index contributed by atoms with van der Waals surface area (Å²) >= 11 is 5.96. The van der Waals surface area contributed by atoms with Crippen molar-refractivity contribution >= 4 is 40.9 Å². The minimum Gasteiger partial charge on any atom is -0.496 e. The van der Waals surface area contributed by atoms with Crippen molar-refractivity contribution in [3.63, 3.8) is 0 Å². The predicted molar refractivity (Wildman–Crippen MR) is 115 cm³/mol. The van der Waals surface area contributed by atoms with Gasteiger partial charge in [-0.1, -0.05) is 11.6 Å². The van der Waals surface area contributed by atoms with Gasteiger partial charge >= 0.3 is 6.09 Å². The van der Waals surface area contributed by atoms with Crippen LogP contribution in [0.5, 0.6) is 5.75 Å². The Morgan fingerprint density at radius 3 is 2.13 bits per heavy atom. The fourth-order valence-corrected chi connectivity index (χ4v) is 2.54. The summed E-state index contributed by atoms with van der Waals surface area (Å²) < 4.78 is 10.2. The topological polar surface area (TPSA) is 106 Å². The van der Waals surface area contributed by atoms with Crippen LogP contribution in [0.25, 0.3) is 0 Å². The summed E-state index contributed by atoms with van der Waals surface area (Å²) in [4.78, 5) is 36.0. The first-order valence-electron chi connectivity index (χ1n) is 9.09. The summed E-state index contributed by atoms with van der Waals surface area (Å²) in [5.74, 6) is -0.396. The molecule has 0 heterocycles. The number of amides is 3. The Morgan fingerprint density at radius 2 is 1.57 bits per heavy atom. The number of carbonyl (C=O) groups is 3. The maximum absolute atomic E-state index is 12.5. The number of alkyl carbamates (subject to hydrolysis) is 1. The number of carbonyl (C=O) groups excluding carboxylic acids is 3. The first kappa shape index (κ1) is 23.0. The second-order valence-corrected chi connectivity index (χ2v) is 7.72. The third-order valence-corrected chi connectivity index (χ3v) is 3.86. The summed E-state index contributed by atoms with van der Waals surface area (Å²) in [6, 6.07) is 11.3. The molecule has 0 atom stereocenters. The average Bonchev–Trinajstić information content (AvgIpc) is 2.66. The zero-order valence-electron chi connectivity index (χ0n) is 17.2. The van der Waals surface area contributed by atoms with E-state index in [0.717, 1.165) is 0 Å². The molecule has 2 aromatic carbocycles. The van der Waals surface area contributed by atoms with Crippen LogP contribution in [0.15, 0.2) is 42.5 Å². The number of ether oxygens (including phenoxy) is 2. The lowest BCUT2D eigenvalue weighted by molar-refractivity contribution is -0.115. The Bertz CT molecular complexity index is 923. The van der Waals surface area contributed by atoms with Crippen LogP contribution in [0.3, 0.4) is 0 Å². The van der Waals surface area contributed by atoms with Crippen molar-refractivity contribution in [1.82, 2.24) is 5.32 Å². The fraction of sp³-hybridized carbons (Fsp3) is 0.286. The smallest absolute Gasteiger partial charge is 0.408 e. The number of methoxy groups -OCH3 is 1. The Morgan fingerprint density at radius 1 is 0.967 bits per heavy atom. The zero-order chi connectivity index (χ0) is 22.3. The summed E-state index contributed by atoms with van der Waals surface area (Å²) in [7, 11) is 1.47. The van der Waals surface area contributed by atoms with Gasteiger partial charge in [0.2, 0.25) is 5.91 Å². The van der Waals surface area contributed by atoms with Gasteiger partial charge in [-0.25, -0.2) is 4.79 Å². The SMILES string of the molecule is COc1ccc(Cl)cc1C(=O)Nc1ccc(NC(=O)CNC(=O)OC(C)(C)C)cc1. The van der Waals surface area contributed by atoms with Crippen molar-refractivity contribution < 1.29 is 23.9 Å². The number of nitrogens with one attached hydrogen (secondary N) is 3. The van der Waals surface area contributed by atoms with Crippen molar-refractivity contribution in [3.05, 3.63) is 53.1 Å². The molecule has 3 N–H and O–H groups in total. The molecule has 2 rings (SSSR count). The molecule has 0 fully saturated rings. The molecule has 0 unspecified atom stereocenters. The zero-order valence-corrected chi connectivity index (χ0v) is 17.9. The van der Waals surface area contributed by atoms with Gasteiger partial charge in [-0.15, -0.1) is 0 Å². The number of halogens is 1. The van der Waals surface area contributed by atoms with E-state index in [2.05, 4.69) is 16.0 Å².